The summed E-state index contributed by atoms with van der Waals surface area (Å²) < 4.78 is 48.9. The average molecular weight is 521 g/mol. The van der Waals surface area contributed by atoms with E-state index >= 15 is 0 Å². The number of carbonyl (C=O) groups excluding carboxylic acids is 2. The number of methoxy groups -OCH3 is 3. The third-order valence-corrected chi connectivity index (χ3v) is 7.89. The number of nitrogens with one attached hydrogen (secondary N) is 1. The Morgan fingerprint density at radius 3 is 2.36 bits per heavy atom. The van der Waals surface area contributed by atoms with Gasteiger partial charge in [-0.15, -0.1) is 0 Å². The summed E-state index contributed by atoms with van der Waals surface area (Å²) >= 11 is 0. The number of nitrogens with zero attached hydrogens (tertiary/aromatic N) is 1. The number of ether oxygens (including phenoxy) is 4. The number of piperidine rings is 1. The van der Waals surface area contributed by atoms with Gasteiger partial charge in [0.2, 0.25) is 15.9 Å². The molecule has 1 N–H and O–H groups in total. The molecule has 2 aromatic carbocycles. The Labute approximate surface area is 211 Å². The largest absolute Gasteiger partial charge is 0.494 e. The highest BCUT2D eigenvalue weighted by Gasteiger charge is 2.34. The smallest absolute Gasteiger partial charge is 0.340 e. The molecule has 1 aliphatic heterocycles. The zero-order valence-corrected chi connectivity index (χ0v) is 21.9. The molecule has 11 heteroatoms. The van der Waals surface area contributed by atoms with Crippen molar-refractivity contribution in [3.05, 3.63) is 41.5 Å². The summed E-state index contributed by atoms with van der Waals surface area (Å²) in [5, 5.41) is 2.75. The average Bonchev–Trinajstić information content (AvgIpc) is 2.89. The van der Waals surface area contributed by atoms with Gasteiger partial charge in [-0.1, -0.05) is 0 Å². The molecular weight excluding hydrogens is 488 g/mol. The van der Waals surface area contributed by atoms with Gasteiger partial charge in [0.25, 0.3) is 0 Å². The molecule has 0 aliphatic carbocycles. The van der Waals surface area contributed by atoms with E-state index in [0.29, 0.717) is 48.8 Å². The van der Waals surface area contributed by atoms with E-state index in [-0.39, 0.29) is 22.7 Å². The molecule has 1 fully saturated rings. The zero-order chi connectivity index (χ0) is 26.5. The fourth-order valence-corrected chi connectivity index (χ4v) is 5.73. The van der Waals surface area contributed by atoms with Crippen molar-refractivity contribution in [1.82, 2.24) is 4.31 Å². The number of aryl methyl sites for hydroxylation is 1. The Bertz CT molecular complexity index is 1230. The Balaban J connectivity index is 1.82. The van der Waals surface area contributed by atoms with Crippen LogP contribution in [0, 0.1) is 12.8 Å². The van der Waals surface area contributed by atoms with Crippen molar-refractivity contribution < 1.29 is 37.0 Å². The van der Waals surface area contributed by atoms with Crippen LogP contribution >= 0.6 is 0 Å². The molecule has 1 atom stereocenters. The van der Waals surface area contributed by atoms with Crippen LogP contribution in [0.25, 0.3) is 0 Å². The second-order valence-corrected chi connectivity index (χ2v) is 10.2. The predicted molar refractivity (Wildman–Crippen MR) is 133 cm³/mol. The molecule has 1 heterocycles. The van der Waals surface area contributed by atoms with Crippen molar-refractivity contribution in [2.24, 2.45) is 5.92 Å². The Morgan fingerprint density at radius 2 is 1.75 bits per heavy atom. The first-order chi connectivity index (χ1) is 17.2. The van der Waals surface area contributed by atoms with Crippen molar-refractivity contribution in [3.63, 3.8) is 0 Å². The van der Waals surface area contributed by atoms with Crippen LogP contribution in [0.2, 0.25) is 0 Å². The number of amides is 1. The Hall–Kier alpha value is -3.31. The number of sulfonamides is 1. The van der Waals surface area contributed by atoms with Crippen molar-refractivity contribution in [1.29, 1.82) is 0 Å². The summed E-state index contributed by atoms with van der Waals surface area (Å²) in [7, 11) is 0.289. The van der Waals surface area contributed by atoms with E-state index in [1.165, 1.54) is 43.8 Å². The third kappa shape index (κ3) is 5.73. The van der Waals surface area contributed by atoms with Crippen LogP contribution in [0.3, 0.4) is 0 Å². The van der Waals surface area contributed by atoms with E-state index in [1.54, 1.807) is 19.1 Å². The molecule has 196 valence electrons. The molecular formula is C25H32N2O8S. The van der Waals surface area contributed by atoms with Crippen LogP contribution in [0.5, 0.6) is 17.2 Å². The summed E-state index contributed by atoms with van der Waals surface area (Å²) in [6, 6.07) is 7.64. The molecule has 0 unspecified atom stereocenters. The lowest BCUT2D eigenvalue weighted by molar-refractivity contribution is -0.120. The molecule has 3 rings (SSSR count). The van der Waals surface area contributed by atoms with E-state index in [0.717, 1.165) is 0 Å². The monoisotopic (exact) mass is 520 g/mol. The minimum absolute atomic E-state index is 0.0152. The fraction of sp³-hybridized carbons (Fsp3) is 0.440. The van der Waals surface area contributed by atoms with Gasteiger partial charge in [-0.05, 0) is 50.5 Å². The minimum atomic E-state index is -3.81. The normalized spacial score (nSPS) is 16.2. The number of rotatable bonds is 9. The van der Waals surface area contributed by atoms with Gasteiger partial charge >= 0.3 is 5.97 Å². The number of esters is 1. The van der Waals surface area contributed by atoms with E-state index in [9.17, 15) is 18.0 Å². The van der Waals surface area contributed by atoms with Gasteiger partial charge in [0.05, 0.1) is 50.0 Å². The number of hydrogen-bond donors (Lipinski definition) is 1. The minimum Gasteiger partial charge on any atom is -0.494 e. The highest BCUT2D eigenvalue weighted by Crippen LogP contribution is 2.35. The van der Waals surface area contributed by atoms with Crippen LogP contribution < -0.4 is 19.5 Å². The highest BCUT2D eigenvalue weighted by atomic mass is 32.2. The summed E-state index contributed by atoms with van der Waals surface area (Å²) in [5.74, 6) is -0.435. The molecule has 0 aromatic heterocycles. The lowest BCUT2D eigenvalue weighted by atomic mass is 9.98. The predicted octanol–water partition coefficient (Wildman–Crippen LogP) is 3.24. The second kappa shape index (κ2) is 11.6. The fourth-order valence-electron chi connectivity index (χ4n) is 4.12. The number of carbonyl (C=O) groups is 2. The molecule has 0 spiro atoms. The van der Waals surface area contributed by atoms with Gasteiger partial charge < -0.3 is 24.3 Å². The van der Waals surface area contributed by atoms with E-state index in [2.05, 4.69) is 5.32 Å². The van der Waals surface area contributed by atoms with Crippen LogP contribution in [0.15, 0.2) is 35.2 Å². The lowest BCUT2D eigenvalue weighted by Crippen LogP contribution is -2.43. The standard InChI is InChI=1S/C25H32N2O8S/c1-6-35-21-10-9-18(12-16(21)2)36(30,31)27-11-7-8-17(15-27)24(28)26-20-14-23(33-4)22(32-3)13-19(20)25(29)34-5/h9-10,12-14,17H,6-8,11,15H2,1-5H3,(H,26,28)/t17-/m1/s1. The van der Waals surface area contributed by atoms with Gasteiger partial charge in [-0.3, -0.25) is 4.79 Å². The molecule has 2 aromatic rings. The zero-order valence-electron chi connectivity index (χ0n) is 21.1. The molecule has 1 saturated heterocycles. The van der Waals surface area contributed by atoms with Crippen molar-refractivity contribution in [2.45, 2.75) is 31.6 Å². The molecule has 1 amide bonds. The number of anilines is 1. The van der Waals surface area contributed by atoms with Crippen LogP contribution in [-0.4, -0.2) is 65.6 Å². The van der Waals surface area contributed by atoms with Crippen molar-refractivity contribution in [2.75, 3.05) is 46.3 Å². The molecule has 1 aliphatic rings. The molecule has 0 radical (unpaired) electrons. The van der Waals surface area contributed by atoms with Gasteiger partial charge in [0.1, 0.15) is 5.75 Å². The van der Waals surface area contributed by atoms with Crippen LogP contribution in [-0.2, 0) is 19.6 Å². The third-order valence-electron chi connectivity index (χ3n) is 6.03. The summed E-state index contributed by atoms with van der Waals surface area (Å²) in [6.45, 7) is 4.45. The summed E-state index contributed by atoms with van der Waals surface area (Å²) in [4.78, 5) is 25.7. The lowest BCUT2D eigenvalue weighted by Gasteiger charge is -2.31. The van der Waals surface area contributed by atoms with E-state index in [1.807, 2.05) is 6.92 Å². The van der Waals surface area contributed by atoms with Crippen LogP contribution in [0.1, 0.15) is 35.7 Å². The SMILES string of the molecule is CCOc1ccc(S(=O)(=O)N2CCC[C@@H](C(=O)Nc3cc(OC)c(OC)cc3C(=O)OC)C2)cc1C. The first-order valence-electron chi connectivity index (χ1n) is 11.5. The maximum Gasteiger partial charge on any atom is 0.340 e. The molecule has 0 saturated carbocycles. The van der Waals surface area contributed by atoms with E-state index in [4.69, 9.17) is 18.9 Å². The molecule has 36 heavy (non-hydrogen) atoms. The van der Waals surface area contributed by atoms with Crippen LogP contribution in [0.4, 0.5) is 5.69 Å². The Morgan fingerprint density at radius 1 is 1.06 bits per heavy atom. The molecule has 0 bridgehead atoms. The first kappa shape index (κ1) is 27.3. The number of benzene rings is 2. The van der Waals surface area contributed by atoms with Gasteiger partial charge in [0.15, 0.2) is 11.5 Å². The second-order valence-electron chi connectivity index (χ2n) is 8.30. The van der Waals surface area contributed by atoms with Gasteiger partial charge in [-0.25, -0.2) is 13.2 Å². The summed E-state index contributed by atoms with van der Waals surface area (Å²) in [5.41, 5.74) is 0.994. The topological polar surface area (TPSA) is 120 Å². The van der Waals surface area contributed by atoms with E-state index < -0.39 is 27.8 Å². The maximum atomic E-state index is 13.3. The van der Waals surface area contributed by atoms with Crippen molar-refractivity contribution >= 4 is 27.6 Å². The summed E-state index contributed by atoms with van der Waals surface area (Å²) in [6.07, 6.45) is 1.02. The van der Waals surface area contributed by atoms with Gasteiger partial charge in [0, 0.05) is 25.2 Å². The first-order valence-corrected chi connectivity index (χ1v) is 13.0. The number of hydrogen-bond acceptors (Lipinski definition) is 8. The highest BCUT2D eigenvalue weighted by molar-refractivity contribution is 7.89. The maximum absolute atomic E-state index is 13.3. The van der Waals surface area contributed by atoms with Gasteiger partial charge in [-0.2, -0.15) is 4.31 Å². The quantitative estimate of drug-likeness (QED) is 0.501. The molecule has 10 nitrogen and oxygen atoms in total. The Kier molecular flexibility index (Phi) is 8.80. The van der Waals surface area contributed by atoms with Crippen molar-refractivity contribution in [3.8, 4) is 17.2 Å².